The predicted molar refractivity (Wildman–Crippen MR) is 55.6 cm³/mol. The Labute approximate surface area is 89.2 Å². The summed E-state index contributed by atoms with van der Waals surface area (Å²) in [5, 5.41) is 8.72. The Morgan fingerprint density at radius 1 is 1.53 bits per heavy atom. The maximum absolute atomic E-state index is 11.1. The third kappa shape index (κ3) is 4.87. The largest absolute Gasteiger partial charge is 0.394 e. The van der Waals surface area contributed by atoms with Crippen LogP contribution in [0.5, 0.6) is 0 Å². The molecule has 5 N–H and O–H groups in total. The van der Waals surface area contributed by atoms with Crippen molar-refractivity contribution in [1.29, 1.82) is 0 Å². The van der Waals surface area contributed by atoms with E-state index in [2.05, 4.69) is 10.9 Å². The molecule has 0 aromatic carbocycles. The van der Waals surface area contributed by atoms with Crippen molar-refractivity contribution in [1.82, 2.24) is 10.9 Å². The lowest BCUT2D eigenvalue weighted by Gasteiger charge is -2.23. The number of primary amides is 1. The molecule has 0 aromatic heterocycles. The van der Waals surface area contributed by atoms with Crippen LogP contribution in [0.3, 0.4) is 0 Å². The van der Waals surface area contributed by atoms with Crippen LogP contribution in [0.15, 0.2) is 0 Å². The summed E-state index contributed by atoms with van der Waals surface area (Å²) in [5.74, 6) is -0.430. The lowest BCUT2D eigenvalue weighted by Crippen LogP contribution is -2.55. The van der Waals surface area contributed by atoms with Crippen molar-refractivity contribution in [2.45, 2.75) is 32.4 Å². The summed E-state index contributed by atoms with van der Waals surface area (Å²) < 4.78 is 0. The molecule has 0 heterocycles. The number of nitrogens with one attached hydrogen (secondary N) is 2. The first kappa shape index (κ1) is 14.0. The first-order valence-electron chi connectivity index (χ1n) is 4.93. The van der Waals surface area contributed by atoms with E-state index in [1.165, 1.54) is 0 Å². The summed E-state index contributed by atoms with van der Waals surface area (Å²) in [5.41, 5.74) is 10.4. The van der Waals surface area contributed by atoms with Gasteiger partial charge in [0.25, 0.3) is 0 Å². The van der Waals surface area contributed by atoms with Crippen LogP contribution in [0, 0.1) is 5.92 Å². The minimum atomic E-state index is -0.726. The third-order valence-electron chi connectivity index (χ3n) is 2.30. The van der Waals surface area contributed by atoms with Crippen molar-refractivity contribution in [3.05, 3.63) is 0 Å². The van der Waals surface area contributed by atoms with Gasteiger partial charge >= 0.3 is 0 Å². The summed E-state index contributed by atoms with van der Waals surface area (Å²) in [6.07, 6.45) is 1.34. The standard InChI is InChI=1S/C9H19N3O3/c1-3-6(2)8(9(10)15)12-11-7(4-13)5-14/h4,6-8,11-12,14H,3,5H2,1-2H3,(H2,10,15)/t6-,7+,8-/m0/s1. The molecule has 3 atom stereocenters. The van der Waals surface area contributed by atoms with Crippen LogP contribution in [-0.4, -0.2) is 36.0 Å². The van der Waals surface area contributed by atoms with E-state index in [1.54, 1.807) is 0 Å². The number of hydrogen-bond donors (Lipinski definition) is 4. The lowest BCUT2D eigenvalue weighted by molar-refractivity contribution is -0.122. The van der Waals surface area contributed by atoms with Crippen molar-refractivity contribution < 1.29 is 14.7 Å². The van der Waals surface area contributed by atoms with Crippen molar-refractivity contribution in [3.63, 3.8) is 0 Å². The Morgan fingerprint density at radius 3 is 2.47 bits per heavy atom. The zero-order valence-corrected chi connectivity index (χ0v) is 9.06. The number of amides is 1. The number of carbonyl (C=O) groups excluding carboxylic acids is 2. The van der Waals surface area contributed by atoms with Gasteiger partial charge in [0.1, 0.15) is 12.3 Å². The van der Waals surface area contributed by atoms with Crippen LogP contribution >= 0.6 is 0 Å². The lowest BCUT2D eigenvalue weighted by atomic mass is 9.99. The number of aliphatic hydroxyl groups is 1. The smallest absolute Gasteiger partial charge is 0.236 e. The minimum absolute atomic E-state index is 0.0565. The van der Waals surface area contributed by atoms with Crippen LogP contribution in [0.1, 0.15) is 20.3 Å². The normalized spacial score (nSPS) is 16.7. The molecule has 1 amide bonds. The van der Waals surface area contributed by atoms with Crippen molar-refractivity contribution in [2.24, 2.45) is 11.7 Å². The number of carbonyl (C=O) groups is 2. The van der Waals surface area contributed by atoms with Crippen molar-refractivity contribution >= 4 is 12.2 Å². The van der Waals surface area contributed by atoms with Crippen molar-refractivity contribution in [3.8, 4) is 0 Å². The average Bonchev–Trinajstić information content (AvgIpc) is 2.23. The molecule has 0 unspecified atom stereocenters. The third-order valence-corrected chi connectivity index (χ3v) is 2.30. The van der Waals surface area contributed by atoms with E-state index in [1.807, 2.05) is 13.8 Å². The molecule has 0 fully saturated rings. The quantitative estimate of drug-likeness (QED) is 0.294. The highest BCUT2D eigenvalue weighted by atomic mass is 16.3. The molecule has 0 aliphatic heterocycles. The Morgan fingerprint density at radius 2 is 2.13 bits per heavy atom. The molecule has 0 aliphatic rings. The Hall–Kier alpha value is -0.980. The van der Waals surface area contributed by atoms with E-state index < -0.39 is 18.0 Å². The molecular weight excluding hydrogens is 198 g/mol. The Kier molecular flexibility index (Phi) is 6.85. The molecular formula is C9H19N3O3. The molecule has 0 saturated heterocycles. The number of aldehydes is 1. The van der Waals surface area contributed by atoms with Crippen molar-refractivity contribution in [2.75, 3.05) is 6.61 Å². The minimum Gasteiger partial charge on any atom is -0.394 e. The average molecular weight is 217 g/mol. The second-order valence-electron chi connectivity index (χ2n) is 3.48. The fourth-order valence-electron chi connectivity index (χ4n) is 1.05. The van der Waals surface area contributed by atoms with E-state index in [0.717, 1.165) is 6.42 Å². The molecule has 0 aliphatic carbocycles. The molecule has 0 aromatic rings. The molecule has 0 bridgehead atoms. The van der Waals surface area contributed by atoms with Gasteiger partial charge in [0.05, 0.1) is 12.6 Å². The van der Waals surface area contributed by atoms with Gasteiger partial charge in [0.2, 0.25) is 5.91 Å². The molecule has 0 rings (SSSR count). The second kappa shape index (κ2) is 7.33. The van der Waals surface area contributed by atoms with Gasteiger partial charge in [-0.15, -0.1) is 0 Å². The van der Waals surface area contributed by atoms with Gasteiger partial charge in [-0.2, -0.15) is 0 Å². The number of aliphatic hydroxyl groups excluding tert-OH is 1. The number of rotatable bonds is 8. The maximum Gasteiger partial charge on any atom is 0.236 e. The van der Waals surface area contributed by atoms with Crippen LogP contribution in [-0.2, 0) is 9.59 Å². The van der Waals surface area contributed by atoms with Crippen LogP contribution < -0.4 is 16.6 Å². The van der Waals surface area contributed by atoms with E-state index in [4.69, 9.17) is 10.8 Å². The van der Waals surface area contributed by atoms with E-state index >= 15 is 0 Å². The summed E-state index contributed by atoms with van der Waals surface area (Å²) in [6, 6.07) is -1.28. The van der Waals surface area contributed by atoms with Gasteiger partial charge in [-0.25, -0.2) is 10.9 Å². The molecule has 88 valence electrons. The topological polar surface area (TPSA) is 104 Å². The highest BCUT2D eigenvalue weighted by molar-refractivity contribution is 5.80. The summed E-state index contributed by atoms with van der Waals surface area (Å²) >= 11 is 0. The van der Waals surface area contributed by atoms with E-state index in [-0.39, 0.29) is 12.5 Å². The summed E-state index contributed by atoms with van der Waals surface area (Å²) in [4.78, 5) is 21.4. The maximum atomic E-state index is 11.1. The van der Waals surface area contributed by atoms with Gasteiger partial charge in [-0.05, 0) is 5.92 Å². The van der Waals surface area contributed by atoms with Gasteiger partial charge in [-0.1, -0.05) is 20.3 Å². The van der Waals surface area contributed by atoms with Gasteiger partial charge < -0.3 is 15.6 Å². The second-order valence-corrected chi connectivity index (χ2v) is 3.48. The SMILES string of the molecule is CC[C@H](C)[C@H](NN[C@H](C=O)CO)C(N)=O. The first-order valence-corrected chi connectivity index (χ1v) is 4.93. The highest BCUT2D eigenvalue weighted by Crippen LogP contribution is 2.06. The van der Waals surface area contributed by atoms with Gasteiger partial charge in [-0.3, -0.25) is 4.79 Å². The molecule has 6 heteroatoms. The zero-order chi connectivity index (χ0) is 11.8. The summed E-state index contributed by atoms with van der Waals surface area (Å²) in [7, 11) is 0. The monoisotopic (exact) mass is 217 g/mol. The molecule has 0 spiro atoms. The Balaban J connectivity index is 4.17. The Bertz CT molecular complexity index is 211. The predicted octanol–water partition coefficient (Wildman–Crippen LogP) is -1.46. The van der Waals surface area contributed by atoms with Crippen LogP contribution in [0.4, 0.5) is 0 Å². The van der Waals surface area contributed by atoms with Crippen LogP contribution in [0.2, 0.25) is 0 Å². The number of hydrazine groups is 1. The molecule has 0 saturated carbocycles. The van der Waals surface area contributed by atoms with Crippen LogP contribution in [0.25, 0.3) is 0 Å². The number of nitrogens with two attached hydrogens (primary N) is 1. The molecule has 6 nitrogen and oxygen atoms in total. The van der Waals surface area contributed by atoms with Gasteiger partial charge in [0, 0.05) is 0 Å². The highest BCUT2D eigenvalue weighted by Gasteiger charge is 2.21. The number of hydrogen-bond acceptors (Lipinski definition) is 5. The fourth-order valence-corrected chi connectivity index (χ4v) is 1.05. The first-order chi connectivity index (χ1) is 7.06. The summed E-state index contributed by atoms with van der Waals surface area (Å²) in [6.45, 7) is 3.48. The molecule has 0 radical (unpaired) electrons. The van der Waals surface area contributed by atoms with E-state index in [0.29, 0.717) is 6.29 Å². The fraction of sp³-hybridized carbons (Fsp3) is 0.778. The van der Waals surface area contributed by atoms with Gasteiger partial charge in [0.15, 0.2) is 0 Å². The van der Waals surface area contributed by atoms with E-state index in [9.17, 15) is 9.59 Å². The zero-order valence-electron chi connectivity index (χ0n) is 9.06. The molecule has 15 heavy (non-hydrogen) atoms.